The van der Waals surface area contributed by atoms with E-state index in [2.05, 4.69) is 5.32 Å². The van der Waals surface area contributed by atoms with Crippen molar-refractivity contribution in [2.75, 3.05) is 30.5 Å². The molecular weight excluding hydrogens is 432 g/mol. The Labute approximate surface area is 198 Å². The molecule has 0 fully saturated rings. The quantitative estimate of drug-likeness (QED) is 0.460. The molecule has 3 aromatic rings. The highest BCUT2D eigenvalue weighted by atomic mass is 16.5. The van der Waals surface area contributed by atoms with E-state index in [1.165, 1.54) is 4.90 Å². The Hall–Kier alpha value is -4.26. The summed E-state index contributed by atoms with van der Waals surface area (Å²) in [6.07, 6.45) is 0. The van der Waals surface area contributed by atoms with Crippen LogP contribution in [0.2, 0.25) is 0 Å². The van der Waals surface area contributed by atoms with E-state index in [1.54, 1.807) is 61.7 Å². The van der Waals surface area contributed by atoms with Gasteiger partial charge in [0.1, 0.15) is 22.9 Å². The van der Waals surface area contributed by atoms with Crippen LogP contribution in [0.25, 0.3) is 5.57 Å². The highest BCUT2D eigenvalue weighted by Crippen LogP contribution is 2.36. The first-order valence-electron chi connectivity index (χ1n) is 11.1. The third-order valence-electron chi connectivity index (χ3n) is 5.32. The maximum absolute atomic E-state index is 13.6. The predicted octanol–water partition coefficient (Wildman–Crippen LogP) is 4.89. The van der Waals surface area contributed by atoms with Crippen LogP contribution in [0.3, 0.4) is 0 Å². The number of methoxy groups -OCH3 is 1. The van der Waals surface area contributed by atoms with Crippen molar-refractivity contribution in [3.63, 3.8) is 0 Å². The lowest BCUT2D eigenvalue weighted by Gasteiger charge is -2.16. The van der Waals surface area contributed by atoms with Gasteiger partial charge in [-0.05, 0) is 67.9 Å². The molecule has 0 aliphatic carbocycles. The van der Waals surface area contributed by atoms with Crippen molar-refractivity contribution in [2.24, 2.45) is 0 Å². The Bertz CT molecular complexity index is 1220. The summed E-state index contributed by atoms with van der Waals surface area (Å²) in [5, 5.41) is 3.17. The van der Waals surface area contributed by atoms with Crippen LogP contribution in [-0.2, 0) is 9.59 Å². The summed E-state index contributed by atoms with van der Waals surface area (Å²) < 4.78 is 16.4. The molecule has 2 amide bonds. The van der Waals surface area contributed by atoms with Gasteiger partial charge in [-0.2, -0.15) is 0 Å². The number of para-hydroxylation sites is 2. The van der Waals surface area contributed by atoms with E-state index < -0.39 is 11.8 Å². The summed E-state index contributed by atoms with van der Waals surface area (Å²) >= 11 is 0. The second-order valence-electron chi connectivity index (χ2n) is 7.41. The molecule has 1 aliphatic heterocycles. The lowest BCUT2D eigenvalue weighted by molar-refractivity contribution is -0.120. The van der Waals surface area contributed by atoms with Crippen LogP contribution in [-0.4, -0.2) is 32.1 Å². The highest BCUT2D eigenvalue weighted by Gasteiger charge is 2.40. The van der Waals surface area contributed by atoms with E-state index in [9.17, 15) is 9.59 Å². The summed E-state index contributed by atoms with van der Waals surface area (Å²) in [5.74, 6) is 1.03. The van der Waals surface area contributed by atoms with Crippen molar-refractivity contribution in [1.29, 1.82) is 0 Å². The number of nitrogens with one attached hydrogen (secondary N) is 1. The van der Waals surface area contributed by atoms with Gasteiger partial charge in [0.25, 0.3) is 11.8 Å². The first-order valence-corrected chi connectivity index (χ1v) is 11.1. The predicted molar refractivity (Wildman–Crippen MR) is 131 cm³/mol. The van der Waals surface area contributed by atoms with Crippen molar-refractivity contribution in [1.82, 2.24) is 0 Å². The van der Waals surface area contributed by atoms with Gasteiger partial charge in [-0.25, -0.2) is 4.90 Å². The van der Waals surface area contributed by atoms with Gasteiger partial charge >= 0.3 is 0 Å². The second kappa shape index (κ2) is 10.1. The summed E-state index contributed by atoms with van der Waals surface area (Å²) in [7, 11) is 1.57. The number of ether oxygens (including phenoxy) is 3. The van der Waals surface area contributed by atoms with Crippen LogP contribution < -0.4 is 24.4 Å². The molecule has 174 valence electrons. The molecule has 7 heteroatoms. The molecular formula is C27H26N2O5. The zero-order chi connectivity index (χ0) is 24.1. The Balaban J connectivity index is 1.77. The molecule has 0 saturated carbocycles. The lowest BCUT2D eigenvalue weighted by Crippen LogP contribution is -2.32. The van der Waals surface area contributed by atoms with Crippen molar-refractivity contribution < 1.29 is 23.8 Å². The van der Waals surface area contributed by atoms with Gasteiger partial charge in [-0.1, -0.05) is 24.3 Å². The monoisotopic (exact) mass is 458 g/mol. The lowest BCUT2D eigenvalue weighted by atomic mass is 10.0. The van der Waals surface area contributed by atoms with Crippen LogP contribution in [0.5, 0.6) is 17.2 Å². The third-order valence-corrected chi connectivity index (χ3v) is 5.32. The molecule has 0 bridgehead atoms. The molecule has 4 rings (SSSR count). The fourth-order valence-corrected chi connectivity index (χ4v) is 3.75. The summed E-state index contributed by atoms with van der Waals surface area (Å²) in [6, 6.07) is 21.2. The first-order chi connectivity index (χ1) is 16.6. The van der Waals surface area contributed by atoms with Crippen LogP contribution >= 0.6 is 0 Å². The number of nitrogens with zero attached hydrogens (tertiary/aromatic N) is 1. The molecule has 0 spiro atoms. The van der Waals surface area contributed by atoms with Gasteiger partial charge in [0.2, 0.25) is 0 Å². The topological polar surface area (TPSA) is 77.1 Å². The molecule has 0 aromatic heterocycles. The Kier molecular flexibility index (Phi) is 6.82. The average Bonchev–Trinajstić information content (AvgIpc) is 3.10. The molecule has 3 aromatic carbocycles. The zero-order valence-corrected chi connectivity index (χ0v) is 19.3. The Morgan fingerprint density at radius 1 is 0.765 bits per heavy atom. The number of hydrogen-bond acceptors (Lipinski definition) is 6. The molecule has 1 N–H and O–H groups in total. The van der Waals surface area contributed by atoms with Gasteiger partial charge in [0.15, 0.2) is 0 Å². The van der Waals surface area contributed by atoms with Crippen molar-refractivity contribution in [2.45, 2.75) is 13.8 Å². The van der Waals surface area contributed by atoms with Gasteiger partial charge < -0.3 is 19.5 Å². The van der Waals surface area contributed by atoms with Crippen LogP contribution in [0.4, 0.5) is 11.4 Å². The zero-order valence-electron chi connectivity index (χ0n) is 19.3. The first kappa shape index (κ1) is 22.9. The van der Waals surface area contributed by atoms with Gasteiger partial charge in [0, 0.05) is 0 Å². The molecule has 1 aliphatic rings. The van der Waals surface area contributed by atoms with E-state index in [-0.39, 0.29) is 11.3 Å². The van der Waals surface area contributed by atoms with E-state index in [4.69, 9.17) is 14.2 Å². The van der Waals surface area contributed by atoms with Crippen LogP contribution in [0.1, 0.15) is 19.4 Å². The highest BCUT2D eigenvalue weighted by molar-refractivity contribution is 6.46. The normalized spacial score (nSPS) is 13.3. The summed E-state index contributed by atoms with van der Waals surface area (Å²) in [5.41, 5.74) is 2.10. The molecule has 0 saturated heterocycles. The van der Waals surface area contributed by atoms with Crippen molar-refractivity contribution in [3.8, 4) is 17.2 Å². The summed E-state index contributed by atoms with van der Waals surface area (Å²) in [4.78, 5) is 28.4. The SMILES string of the molecule is CCOc1ccc(N2C(=O)C(Nc3ccccc3OCC)=C(c3ccc(OC)cc3)C2=O)cc1. The van der Waals surface area contributed by atoms with E-state index in [0.29, 0.717) is 47.4 Å². The second-order valence-corrected chi connectivity index (χ2v) is 7.41. The Morgan fingerprint density at radius 3 is 2.06 bits per heavy atom. The minimum Gasteiger partial charge on any atom is -0.497 e. The molecule has 0 unspecified atom stereocenters. The number of anilines is 2. The molecule has 34 heavy (non-hydrogen) atoms. The molecule has 7 nitrogen and oxygen atoms in total. The largest absolute Gasteiger partial charge is 0.497 e. The maximum atomic E-state index is 13.6. The number of rotatable bonds is 9. The standard InChI is InChI=1S/C27H26N2O5/c1-4-33-21-16-12-19(13-17-21)29-26(30)24(18-10-14-20(32-3)15-11-18)25(27(29)31)28-22-8-6-7-9-23(22)34-5-2/h6-17,28H,4-5H2,1-3H3. The number of carbonyl (C=O) groups is 2. The number of carbonyl (C=O) groups excluding carboxylic acids is 2. The van der Waals surface area contributed by atoms with Gasteiger partial charge in [-0.3, -0.25) is 9.59 Å². The van der Waals surface area contributed by atoms with Crippen LogP contribution in [0, 0.1) is 0 Å². The number of amides is 2. The van der Waals surface area contributed by atoms with Crippen LogP contribution in [0.15, 0.2) is 78.5 Å². The van der Waals surface area contributed by atoms with E-state index in [1.807, 2.05) is 32.0 Å². The number of benzene rings is 3. The minimum absolute atomic E-state index is 0.177. The molecule has 1 heterocycles. The smallest absolute Gasteiger partial charge is 0.282 e. The molecule has 0 radical (unpaired) electrons. The number of imide groups is 1. The Morgan fingerprint density at radius 2 is 1.41 bits per heavy atom. The van der Waals surface area contributed by atoms with Gasteiger partial charge in [0.05, 0.1) is 37.3 Å². The fraction of sp³-hybridized carbons (Fsp3) is 0.185. The van der Waals surface area contributed by atoms with Gasteiger partial charge in [-0.15, -0.1) is 0 Å². The minimum atomic E-state index is -0.453. The van der Waals surface area contributed by atoms with Crippen molar-refractivity contribution >= 4 is 28.8 Å². The third kappa shape index (κ3) is 4.45. The number of hydrogen-bond donors (Lipinski definition) is 1. The maximum Gasteiger partial charge on any atom is 0.282 e. The van der Waals surface area contributed by atoms with E-state index >= 15 is 0 Å². The molecule has 0 atom stereocenters. The van der Waals surface area contributed by atoms with E-state index in [0.717, 1.165) is 0 Å². The average molecular weight is 459 g/mol. The van der Waals surface area contributed by atoms with Crippen molar-refractivity contribution in [3.05, 3.63) is 84.1 Å². The fourth-order valence-electron chi connectivity index (χ4n) is 3.75. The summed E-state index contributed by atoms with van der Waals surface area (Å²) in [6.45, 7) is 4.77.